The zero-order chi connectivity index (χ0) is 26.0. The number of nitrogens with zero attached hydrogens (tertiary/aromatic N) is 1. The fourth-order valence-corrected chi connectivity index (χ4v) is 6.25. The fourth-order valence-electron chi connectivity index (χ4n) is 6.25. The molecule has 1 amide bonds. The van der Waals surface area contributed by atoms with Gasteiger partial charge in [-0.1, -0.05) is 25.1 Å². The molecule has 4 rings (SSSR count). The van der Waals surface area contributed by atoms with Crippen LogP contribution in [0.5, 0.6) is 0 Å². The Labute approximate surface area is 197 Å². The Balaban J connectivity index is 1.59. The molecule has 2 aliphatic carbocycles. The second-order valence-corrected chi connectivity index (χ2v) is 10.2. The van der Waals surface area contributed by atoms with E-state index >= 15 is 0 Å². The Hall–Kier alpha value is -2.33. The van der Waals surface area contributed by atoms with Crippen LogP contribution in [0, 0.1) is 11.8 Å². The molecule has 2 atom stereocenters. The van der Waals surface area contributed by atoms with Crippen LogP contribution in [0.15, 0.2) is 18.2 Å². The SMILES string of the molecule is CC12CCN(C(=O)C3CCC(C(=O)O)CC3)C1CCc1cc(C(F)(C(F)(F)F)C(F)(F)F)ccc12. The van der Waals surface area contributed by atoms with Crippen molar-refractivity contribution in [2.75, 3.05) is 6.54 Å². The average molecular weight is 509 g/mol. The standard InChI is InChI=1S/C24H26F7NO3/c1-21-10-11-32(19(33)13-2-4-14(5-3-13)20(34)35)18(21)9-6-15-12-16(7-8-17(15)21)22(25,23(26,27)28)24(29,30)31/h7-8,12-14,18H,2-6,9-11H2,1H3,(H,34,35). The van der Waals surface area contributed by atoms with Gasteiger partial charge in [0.2, 0.25) is 5.91 Å². The van der Waals surface area contributed by atoms with E-state index in [1.165, 1.54) is 0 Å². The molecule has 2 unspecified atom stereocenters. The predicted molar refractivity (Wildman–Crippen MR) is 110 cm³/mol. The number of alkyl halides is 7. The minimum Gasteiger partial charge on any atom is -0.481 e. The minimum atomic E-state index is -6.17. The number of carboxylic acid groups (broad SMARTS) is 1. The molecule has 194 valence electrons. The first-order valence-electron chi connectivity index (χ1n) is 11.6. The van der Waals surface area contributed by atoms with Gasteiger partial charge < -0.3 is 10.0 Å². The first-order valence-corrected chi connectivity index (χ1v) is 11.6. The summed E-state index contributed by atoms with van der Waals surface area (Å²) < 4.78 is 93.9. The van der Waals surface area contributed by atoms with Crippen molar-refractivity contribution < 1.29 is 45.4 Å². The summed E-state index contributed by atoms with van der Waals surface area (Å²) in [4.78, 5) is 26.2. The third-order valence-electron chi connectivity index (χ3n) is 8.28. The summed E-state index contributed by atoms with van der Waals surface area (Å²) in [5.74, 6) is -1.72. The summed E-state index contributed by atoms with van der Waals surface area (Å²) >= 11 is 0. The van der Waals surface area contributed by atoms with Crippen molar-refractivity contribution >= 4 is 11.9 Å². The van der Waals surface area contributed by atoms with Crippen LogP contribution < -0.4 is 0 Å². The zero-order valence-corrected chi connectivity index (χ0v) is 19.0. The Kier molecular flexibility index (Phi) is 6.16. The molecule has 3 aliphatic rings. The first kappa shape index (κ1) is 25.8. The van der Waals surface area contributed by atoms with Gasteiger partial charge >= 0.3 is 24.0 Å². The number of carbonyl (C=O) groups is 2. The Morgan fingerprint density at radius 3 is 2.06 bits per heavy atom. The van der Waals surface area contributed by atoms with Crippen molar-refractivity contribution in [2.24, 2.45) is 11.8 Å². The summed E-state index contributed by atoms with van der Waals surface area (Å²) in [5.41, 5.74) is -6.88. The van der Waals surface area contributed by atoms with Crippen LogP contribution in [0.1, 0.15) is 62.1 Å². The third-order valence-corrected chi connectivity index (χ3v) is 8.28. The van der Waals surface area contributed by atoms with Crippen molar-refractivity contribution in [1.82, 2.24) is 4.90 Å². The largest absolute Gasteiger partial charge is 0.481 e. The van der Waals surface area contributed by atoms with Gasteiger partial charge in [0.15, 0.2) is 0 Å². The number of carbonyl (C=O) groups excluding carboxylic acids is 1. The van der Waals surface area contributed by atoms with Gasteiger partial charge in [0.1, 0.15) is 0 Å². The molecule has 1 saturated carbocycles. The van der Waals surface area contributed by atoms with Gasteiger partial charge in [-0.05, 0) is 56.1 Å². The second kappa shape index (κ2) is 8.37. The average Bonchev–Trinajstić information content (AvgIpc) is 3.13. The summed E-state index contributed by atoms with van der Waals surface area (Å²) in [6.45, 7) is 2.22. The van der Waals surface area contributed by atoms with E-state index in [0.29, 0.717) is 62.8 Å². The molecule has 35 heavy (non-hydrogen) atoms. The van der Waals surface area contributed by atoms with Gasteiger partial charge in [-0.3, -0.25) is 9.59 Å². The topological polar surface area (TPSA) is 57.6 Å². The van der Waals surface area contributed by atoms with Crippen LogP contribution in [0.4, 0.5) is 30.7 Å². The molecule has 4 nitrogen and oxygen atoms in total. The molecule has 1 heterocycles. The monoisotopic (exact) mass is 509 g/mol. The molecule has 0 bridgehead atoms. The number of carboxylic acids is 1. The molecule has 0 spiro atoms. The van der Waals surface area contributed by atoms with E-state index in [-0.39, 0.29) is 29.9 Å². The van der Waals surface area contributed by atoms with E-state index in [0.717, 1.165) is 6.07 Å². The smallest absolute Gasteiger partial charge is 0.435 e. The molecule has 1 saturated heterocycles. The van der Waals surface area contributed by atoms with E-state index in [2.05, 4.69) is 0 Å². The second-order valence-electron chi connectivity index (χ2n) is 10.2. The van der Waals surface area contributed by atoms with Crippen molar-refractivity contribution in [3.8, 4) is 0 Å². The highest BCUT2D eigenvalue weighted by molar-refractivity contribution is 5.80. The number of hydrogen-bond acceptors (Lipinski definition) is 2. The normalized spacial score (nSPS) is 29.5. The van der Waals surface area contributed by atoms with Crippen LogP contribution in [0.3, 0.4) is 0 Å². The van der Waals surface area contributed by atoms with E-state index in [9.17, 15) is 45.4 Å². The van der Waals surface area contributed by atoms with Gasteiger partial charge in [-0.25, -0.2) is 4.39 Å². The molecule has 0 radical (unpaired) electrons. The summed E-state index contributed by atoms with van der Waals surface area (Å²) in [5, 5.41) is 9.17. The van der Waals surface area contributed by atoms with E-state index < -0.39 is 40.9 Å². The fraction of sp³-hybridized carbons (Fsp3) is 0.667. The molecule has 0 aromatic heterocycles. The Bertz CT molecular complexity index is 999. The zero-order valence-electron chi connectivity index (χ0n) is 19.0. The number of amides is 1. The Morgan fingerprint density at radius 2 is 1.51 bits per heavy atom. The number of halogens is 7. The van der Waals surface area contributed by atoms with Gasteiger partial charge in [-0.15, -0.1) is 0 Å². The molecule has 11 heteroatoms. The molecule has 1 N–H and O–H groups in total. The molecular formula is C24H26F7NO3. The third kappa shape index (κ3) is 3.98. The van der Waals surface area contributed by atoms with E-state index in [1.807, 2.05) is 6.92 Å². The van der Waals surface area contributed by atoms with Crippen LogP contribution in [-0.4, -0.2) is 46.8 Å². The van der Waals surface area contributed by atoms with Crippen LogP contribution >= 0.6 is 0 Å². The van der Waals surface area contributed by atoms with Gasteiger partial charge in [0.25, 0.3) is 0 Å². The minimum absolute atomic E-state index is 0.0837. The lowest BCUT2D eigenvalue weighted by Crippen LogP contribution is -2.51. The van der Waals surface area contributed by atoms with Crippen molar-refractivity contribution in [2.45, 2.75) is 81.3 Å². The molecule has 1 aliphatic heterocycles. The first-order chi connectivity index (χ1) is 16.1. The lowest BCUT2D eigenvalue weighted by Gasteiger charge is -2.42. The van der Waals surface area contributed by atoms with Crippen molar-refractivity contribution in [3.05, 3.63) is 34.9 Å². The summed E-state index contributed by atoms with van der Waals surface area (Å²) in [6, 6.07) is 2.10. The highest BCUT2D eigenvalue weighted by atomic mass is 19.4. The highest BCUT2D eigenvalue weighted by Crippen LogP contribution is 2.55. The molecule has 1 aromatic rings. The number of aryl methyl sites for hydroxylation is 1. The number of hydrogen-bond donors (Lipinski definition) is 1. The highest BCUT2D eigenvalue weighted by Gasteiger charge is 2.73. The van der Waals surface area contributed by atoms with Crippen LogP contribution in [-0.2, 0) is 27.1 Å². The summed E-state index contributed by atoms with van der Waals surface area (Å²) in [7, 11) is 0. The lowest BCUT2D eigenvalue weighted by molar-refractivity contribution is -0.348. The maximum atomic E-state index is 14.6. The Morgan fingerprint density at radius 1 is 0.943 bits per heavy atom. The maximum Gasteiger partial charge on any atom is 0.435 e. The van der Waals surface area contributed by atoms with Crippen molar-refractivity contribution in [1.29, 1.82) is 0 Å². The number of rotatable bonds is 3. The molecule has 2 fully saturated rings. The summed E-state index contributed by atoms with van der Waals surface area (Å²) in [6.07, 6.45) is -9.67. The van der Waals surface area contributed by atoms with E-state index in [1.54, 1.807) is 4.90 Å². The molecule has 1 aromatic carbocycles. The number of aliphatic carboxylic acids is 1. The van der Waals surface area contributed by atoms with Crippen LogP contribution in [0.2, 0.25) is 0 Å². The van der Waals surface area contributed by atoms with Crippen molar-refractivity contribution in [3.63, 3.8) is 0 Å². The van der Waals surface area contributed by atoms with Crippen LogP contribution in [0.25, 0.3) is 0 Å². The number of likely N-dealkylation sites (tertiary alicyclic amines) is 1. The number of benzene rings is 1. The van der Waals surface area contributed by atoms with E-state index in [4.69, 9.17) is 0 Å². The van der Waals surface area contributed by atoms with Gasteiger partial charge in [0, 0.05) is 29.5 Å². The van der Waals surface area contributed by atoms with Gasteiger partial charge in [0.05, 0.1) is 5.92 Å². The lowest BCUT2D eigenvalue weighted by atomic mass is 9.67. The maximum absolute atomic E-state index is 14.6. The quantitative estimate of drug-likeness (QED) is 0.534. The predicted octanol–water partition coefficient (Wildman–Crippen LogP) is 5.67. The molecular weight excluding hydrogens is 483 g/mol. The van der Waals surface area contributed by atoms with Gasteiger partial charge in [-0.2, -0.15) is 26.3 Å². The number of fused-ring (bicyclic) bond motifs is 3.